The predicted molar refractivity (Wildman–Crippen MR) is 49.5 cm³/mol. The summed E-state index contributed by atoms with van der Waals surface area (Å²) in [6.45, 7) is 0. The van der Waals surface area contributed by atoms with Gasteiger partial charge in [0.15, 0.2) is 0 Å². The van der Waals surface area contributed by atoms with Gasteiger partial charge in [0.05, 0.1) is 0 Å². The molecule has 0 atom stereocenters. The Hall–Kier alpha value is -1.26. The fourth-order valence-corrected chi connectivity index (χ4v) is 1.34. The lowest BCUT2D eigenvalue weighted by molar-refractivity contribution is 0.740. The molecular formula is C11H11N. The van der Waals surface area contributed by atoms with Crippen LogP contribution in [0, 0.1) is 12.3 Å². The molecule has 60 valence electrons. The van der Waals surface area contributed by atoms with Gasteiger partial charge in [-0.05, 0) is 30.5 Å². The Balaban J connectivity index is 2.40. The lowest BCUT2D eigenvalue weighted by Crippen LogP contribution is -2.18. The zero-order valence-corrected chi connectivity index (χ0v) is 6.88. The SMILES string of the molecule is C#Cc1cccc(C2(N)CC2)c1. The molecule has 1 heteroatoms. The van der Waals surface area contributed by atoms with Crippen LogP contribution >= 0.6 is 0 Å². The van der Waals surface area contributed by atoms with Gasteiger partial charge in [-0.25, -0.2) is 0 Å². The van der Waals surface area contributed by atoms with Crippen LogP contribution in [0.1, 0.15) is 24.0 Å². The van der Waals surface area contributed by atoms with Crippen LogP contribution in [0.3, 0.4) is 0 Å². The van der Waals surface area contributed by atoms with E-state index in [-0.39, 0.29) is 5.54 Å². The van der Waals surface area contributed by atoms with E-state index in [4.69, 9.17) is 12.2 Å². The molecule has 2 N–H and O–H groups in total. The van der Waals surface area contributed by atoms with Crippen LogP contribution in [0.25, 0.3) is 0 Å². The van der Waals surface area contributed by atoms with E-state index in [1.165, 1.54) is 5.56 Å². The van der Waals surface area contributed by atoms with Gasteiger partial charge in [-0.1, -0.05) is 18.1 Å². The molecule has 0 aromatic heterocycles. The summed E-state index contributed by atoms with van der Waals surface area (Å²) in [5.41, 5.74) is 8.06. The number of nitrogens with two attached hydrogens (primary N) is 1. The predicted octanol–water partition coefficient (Wildman–Crippen LogP) is 1.62. The fourth-order valence-electron chi connectivity index (χ4n) is 1.34. The molecule has 0 radical (unpaired) electrons. The maximum Gasteiger partial charge on any atom is 0.0411 e. The van der Waals surface area contributed by atoms with Gasteiger partial charge in [0.25, 0.3) is 0 Å². The third-order valence-corrected chi connectivity index (χ3v) is 2.39. The van der Waals surface area contributed by atoms with Crippen molar-refractivity contribution in [3.05, 3.63) is 35.4 Å². The molecule has 0 bridgehead atoms. The Bertz CT molecular complexity index is 342. The maximum atomic E-state index is 6.02. The molecule has 0 aliphatic heterocycles. The lowest BCUT2D eigenvalue weighted by Gasteiger charge is -2.08. The second kappa shape index (κ2) is 2.36. The molecule has 1 aliphatic rings. The summed E-state index contributed by atoms with van der Waals surface area (Å²) in [6.07, 6.45) is 7.46. The van der Waals surface area contributed by atoms with Gasteiger partial charge >= 0.3 is 0 Å². The molecular weight excluding hydrogens is 146 g/mol. The molecule has 1 fully saturated rings. The standard InChI is InChI=1S/C11H11N/c1-2-9-4-3-5-10(8-9)11(12)6-7-11/h1,3-5,8H,6-7,12H2. The highest BCUT2D eigenvalue weighted by atomic mass is 14.8. The highest BCUT2D eigenvalue weighted by Crippen LogP contribution is 2.42. The summed E-state index contributed by atoms with van der Waals surface area (Å²) in [4.78, 5) is 0. The number of hydrogen-bond acceptors (Lipinski definition) is 1. The molecule has 1 aromatic rings. The van der Waals surface area contributed by atoms with Gasteiger partial charge in [0.2, 0.25) is 0 Å². The third-order valence-electron chi connectivity index (χ3n) is 2.39. The second-order valence-corrected chi connectivity index (χ2v) is 3.38. The van der Waals surface area contributed by atoms with E-state index in [1.807, 2.05) is 24.3 Å². The van der Waals surface area contributed by atoms with Crippen LogP contribution in [-0.4, -0.2) is 0 Å². The minimum absolute atomic E-state index is 0.0626. The summed E-state index contributed by atoms with van der Waals surface area (Å²) in [7, 11) is 0. The van der Waals surface area contributed by atoms with E-state index >= 15 is 0 Å². The molecule has 0 saturated heterocycles. The Morgan fingerprint density at radius 1 is 1.42 bits per heavy atom. The maximum absolute atomic E-state index is 6.02. The molecule has 12 heavy (non-hydrogen) atoms. The first-order chi connectivity index (χ1) is 5.74. The van der Waals surface area contributed by atoms with Gasteiger partial charge in [-0.15, -0.1) is 6.42 Å². The zero-order valence-electron chi connectivity index (χ0n) is 6.88. The molecule has 0 heterocycles. The summed E-state index contributed by atoms with van der Waals surface area (Å²) in [6, 6.07) is 7.95. The first-order valence-electron chi connectivity index (χ1n) is 4.11. The van der Waals surface area contributed by atoms with Gasteiger partial charge in [0, 0.05) is 11.1 Å². The molecule has 2 rings (SSSR count). The smallest absolute Gasteiger partial charge is 0.0411 e. The monoisotopic (exact) mass is 157 g/mol. The van der Waals surface area contributed by atoms with Crippen molar-refractivity contribution in [2.24, 2.45) is 5.73 Å². The van der Waals surface area contributed by atoms with Crippen LogP contribution < -0.4 is 5.73 Å². The number of benzene rings is 1. The Kier molecular flexibility index (Phi) is 1.46. The summed E-state index contributed by atoms with van der Waals surface area (Å²) < 4.78 is 0. The van der Waals surface area contributed by atoms with E-state index in [9.17, 15) is 0 Å². The highest BCUT2D eigenvalue weighted by molar-refractivity contribution is 5.39. The molecule has 0 spiro atoms. The van der Waals surface area contributed by atoms with Crippen LogP contribution in [0.2, 0.25) is 0 Å². The molecule has 1 aliphatic carbocycles. The van der Waals surface area contributed by atoms with Crippen molar-refractivity contribution in [2.75, 3.05) is 0 Å². The number of hydrogen-bond donors (Lipinski definition) is 1. The highest BCUT2D eigenvalue weighted by Gasteiger charge is 2.39. The van der Waals surface area contributed by atoms with Crippen molar-refractivity contribution >= 4 is 0 Å². The van der Waals surface area contributed by atoms with Crippen molar-refractivity contribution in [2.45, 2.75) is 18.4 Å². The Morgan fingerprint density at radius 3 is 2.75 bits per heavy atom. The normalized spacial score (nSPS) is 18.3. The summed E-state index contributed by atoms with van der Waals surface area (Å²) in [5.74, 6) is 2.61. The molecule has 0 unspecified atom stereocenters. The first kappa shape index (κ1) is 7.39. The van der Waals surface area contributed by atoms with Crippen molar-refractivity contribution < 1.29 is 0 Å². The minimum atomic E-state index is -0.0626. The quantitative estimate of drug-likeness (QED) is 0.616. The van der Waals surface area contributed by atoms with Crippen LogP contribution in [0.5, 0.6) is 0 Å². The van der Waals surface area contributed by atoms with Gasteiger partial charge in [-0.3, -0.25) is 0 Å². The van der Waals surface area contributed by atoms with Gasteiger partial charge < -0.3 is 5.73 Å². The number of rotatable bonds is 1. The molecule has 1 saturated carbocycles. The average Bonchev–Trinajstić information content (AvgIpc) is 2.85. The third kappa shape index (κ3) is 1.11. The van der Waals surface area contributed by atoms with Crippen LogP contribution in [0.4, 0.5) is 0 Å². The first-order valence-corrected chi connectivity index (χ1v) is 4.11. The van der Waals surface area contributed by atoms with E-state index in [1.54, 1.807) is 0 Å². The van der Waals surface area contributed by atoms with E-state index in [2.05, 4.69) is 5.92 Å². The lowest BCUT2D eigenvalue weighted by atomic mass is 10.0. The van der Waals surface area contributed by atoms with Crippen molar-refractivity contribution in [3.63, 3.8) is 0 Å². The van der Waals surface area contributed by atoms with Crippen molar-refractivity contribution in [1.82, 2.24) is 0 Å². The molecule has 1 aromatic carbocycles. The zero-order chi connectivity index (χ0) is 8.60. The molecule has 1 nitrogen and oxygen atoms in total. The van der Waals surface area contributed by atoms with Crippen molar-refractivity contribution in [3.8, 4) is 12.3 Å². The summed E-state index contributed by atoms with van der Waals surface area (Å²) >= 11 is 0. The van der Waals surface area contributed by atoms with Gasteiger partial charge in [-0.2, -0.15) is 0 Å². The topological polar surface area (TPSA) is 26.0 Å². The minimum Gasteiger partial charge on any atom is -0.321 e. The van der Waals surface area contributed by atoms with Crippen LogP contribution in [0.15, 0.2) is 24.3 Å². The molecule has 0 amide bonds. The Morgan fingerprint density at radius 2 is 2.17 bits per heavy atom. The van der Waals surface area contributed by atoms with E-state index in [0.29, 0.717) is 0 Å². The summed E-state index contributed by atoms with van der Waals surface area (Å²) in [5, 5.41) is 0. The second-order valence-electron chi connectivity index (χ2n) is 3.38. The largest absolute Gasteiger partial charge is 0.321 e. The average molecular weight is 157 g/mol. The van der Waals surface area contributed by atoms with Crippen molar-refractivity contribution in [1.29, 1.82) is 0 Å². The van der Waals surface area contributed by atoms with Gasteiger partial charge in [0.1, 0.15) is 0 Å². The van der Waals surface area contributed by atoms with E-state index in [0.717, 1.165) is 18.4 Å². The fraction of sp³-hybridized carbons (Fsp3) is 0.273. The Labute approximate surface area is 72.6 Å². The number of terminal acetylenes is 1. The van der Waals surface area contributed by atoms with Crippen LogP contribution in [-0.2, 0) is 5.54 Å². The van der Waals surface area contributed by atoms with E-state index < -0.39 is 0 Å².